The molecule has 4 rings (SSSR count). The molecule has 1 aliphatic carbocycles. The van der Waals surface area contributed by atoms with E-state index in [1.54, 1.807) is 16.2 Å². The lowest BCUT2D eigenvalue weighted by Gasteiger charge is -2.41. The number of ether oxygens (including phenoxy) is 1. The van der Waals surface area contributed by atoms with Crippen LogP contribution >= 0.6 is 11.3 Å². The normalized spacial score (nSPS) is 23.0. The minimum absolute atomic E-state index is 0.128. The van der Waals surface area contributed by atoms with Gasteiger partial charge in [0.1, 0.15) is 0 Å². The van der Waals surface area contributed by atoms with Crippen molar-refractivity contribution in [1.82, 2.24) is 4.90 Å². The minimum atomic E-state index is -1.15. The summed E-state index contributed by atoms with van der Waals surface area (Å²) in [5, 5.41) is 2.05. The molecule has 6 heteroatoms. The fraction of sp³-hybridized carbons (Fsp3) is 0.400. The average Bonchev–Trinajstić information content (AvgIpc) is 3.36. The monoisotopic (exact) mass is 370 g/mol. The predicted molar refractivity (Wildman–Crippen MR) is 101 cm³/mol. The Balaban J connectivity index is 1.52. The van der Waals surface area contributed by atoms with Gasteiger partial charge in [-0.2, -0.15) is 0 Å². The van der Waals surface area contributed by atoms with Gasteiger partial charge in [-0.1, -0.05) is 30.3 Å². The summed E-state index contributed by atoms with van der Waals surface area (Å²) in [6, 6.07) is 12.2. The van der Waals surface area contributed by atoms with Crippen molar-refractivity contribution in [2.45, 2.75) is 24.9 Å². The first-order chi connectivity index (χ1) is 12.6. The minimum Gasteiger partial charge on any atom is -0.367 e. The molecule has 1 aromatic heterocycles. The van der Waals surface area contributed by atoms with Gasteiger partial charge < -0.3 is 15.4 Å². The highest BCUT2D eigenvalue weighted by atomic mass is 32.1. The quantitative estimate of drug-likeness (QED) is 0.879. The van der Waals surface area contributed by atoms with Crippen molar-refractivity contribution in [2.75, 3.05) is 19.7 Å². The average molecular weight is 370 g/mol. The third-order valence-electron chi connectivity index (χ3n) is 5.12. The van der Waals surface area contributed by atoms with Gasteiger partial charge in [-0.25, -0.2) is 0 Å². The molecule has 5 nitrogen and oxygen atoms in total. The van der Waals surface area contributed by atoms with Crippen LogP contribution in [0.4, 0.5) is 0 Å². The summed E-state index contributed by atoms with van der Waals surface area (Å²) in [5.74, 6) is -0.246. The summed E-state index contributed by atoms with van der Waals surface area (Å²) in [6.07, 6.45) is 2.27. The maximum Gasteiger partial charge on any atom is 0.251 e. The van der Waals surface area contributed by atoms with E-state index in [1.165, 1.54) is 4.88 Å². The van der Waals surface area contributed by atoms with Gasteiger partial charge in [0.2, 0.25) is 5.91 Å². The van der Waals surface area contributed by atoms with Crippen LogP contribution in [0, 0.1) is 5.92 Å². The molecule has 1 atom stereocenters. The molecule has 1 saturated carbocycles. The SMILES string of the molecule is NC(=O)[C@]1(Cc2ccc(-c3cccs3)cc2)CN(C(=O)C2CC2)CCO1. The summed E-state index contributed by atoms with van der Waals surface area (Å²) in [5.41, 5.74) is 6.69. The summed E-state index contributed by atoms with van der Waals surface area (Å²) in [7, 11) is 0. The van der Waals surface area contributed by atoms with Crippen molar-refractivity contribution in [3.05, 3.63) is 47.3 Å². The number of nitrogens with zero attached hydrogens (tertiary/aromatic N) is 1. The maximum atomic E-state index is 12.4. The van der Waals surface area contributed by atoms with E-state index in [2.05, 4.69) is 6.07 Å². The number of primary amides is 1. The lowest BCUT2D eigenvalue weighted by molar-refractivity contribution is -0.164. The number of carbonyl (C=O) groups is 2. The van der Waals surface area contributed by atoms with Gasteiger partial charge in [0, 0.05) is 23.8 Å². The van der Waals surface area contributed by atoms with Crippen LogP contribution in [0.1, 0.15) is 18.4 Å². The molecule has 0 radical (unpaired) electrons. The molecule has 2 heterocycles. The molecule has 0 spiro atoms. The first kappa shape index (κ1) is 17.2. The highest BCUT2D eigenvalue weighted by Gasteiger charge is 2.45. The third-order valence-corrected chi connectivity index (χ3v) is 6.04. The van der Waals surface area contributed by atoms with Crippen molar-refractivity contribution in [3.8, 4) is 10.4 Å². The number of morpholine rings is 1. The van der Waals surface area contributed by atoms with E-state index < -0.39 is 11.5 Å². The summed E-state index contributed by atoms with van der Waals surface area (Å²) < 4.78 is 5.85. The van der Waals surface area contributed by atoms with Crippen LogP contribution in [0.3, 0.4) is 0 Å². The second-order valence-electron chi connectivity index (χ2n) is 7.09. The van der Waals surface area contributed by atoms with Crippen molar-refractivity contribution >= 4 is 23.2 Å². The molecule has 2 N–H and O–H groups in total. The van der Waals surface area contributed by atoms with E-state index in [0.717, 1.165) is 24.0 Å². The maximum absolute atomic E-state index is 12.4. The lowest BCUT2D eigenvalue weighted by atomic mass is 9.91. The fourth-order valence-electron chi connectivity index (χ4n) is 3.46. The van der Waals surface area contributed by atoms with E-state index in [4.69, 9.17) is 10.5 Å². The first-order valence-electron chi connectivity index (χ1n) is 8.93. The fourth-order valence-corrected chi connectivity index (χ4v) is 4.20. The Bertz CT molecular complexity index is 799. The van der Waals surface area contributed by atoms with Gasteiger partial charge in [-0.05, 0) is 35.4 Å². The number of rotatable bonds is 5. The van der Waals surface area contributed by atoms with Gasteiger partial charge >= 0.3 is 0 Å². The Morgan fingerprint density at radius 3 is 2.62 bits per heavy atom. The molecule has 0 unspecified atom stereocenters. The van der Waals surface area contributed by atoms with E-state index in [0.29, 0.717) is 19.6 Å². The number of amides is 2. The molecule has 26 heavy (non-hydrogen) atoms. The molecule has 0 bridgehead atoms. The highest BCUT2D eigenvalue weighted by Crippen LogP contribution is 2.33. The summed E-state index contributed by atoms with van der Waals surface area (Å²) in [6.45, 7) is 1.11. The van der Waals surface area contributed by atoms with Gasteiger partial charge in [0.05, 0.1) is 13.2 Å². The zero-order valence-electron chi connectivity index (χ0n) is 14.5. The molecule has 2 fully saturated rings. The highest BCUT2D eigenvalue weighted by molar-refractivity contribution is 7.13. The molecular weight excluding hydrogens is 348 g/mol. The Morgan fingerprint density at radius 1 is 1.23 bits per heavy atom. The van der Waals surface area contributed by atoms with Gasteiger partial charge in [-0.15, -0.1) is 11.3 Å². The van der Waals surface area contributed by atoms with E-state index in [1.807, 2.05) is 35.7 Å². The first-order valence-corrected chi connectivity index (χ1v) is 9.81. The molecule has 136 valence electrons. The van der Waals surface area contributed by atoms with Crippen LogP contribution in [-0.2, 0) is 20.7 Å². The summed E-state index contributed by atoms with van der Waals surface area (Å²) >= 11 is 1.69. The number of carbonyl (C=O) groups excluding carboxylic acids is 2. The van der Waals surface area contributed by atoms with Crippen LogP contribution in [0.15, 0.2) is 41.8 Å². The Labute approximate surface area is 156 Å². The Morgan fingerprint density at radius 2 is 2.00 bits per heavy atom. The van der Waals surface area contributed by atoms with Crippen LogP contribution in [0.25, 0.3) is 10.4 Å². The second kappa shape index (κ2) is 6.85. The largest absolute Gasteiger partial charge is 0.367 e. The molecule has 1 aliphatic heterocycles. The molecule has 2 aromatic rings. The zero-order valence-corrected chi connectivity index (χ0v) is 15.3. The number of thiophene rings is 1. The third kappa shape index (κ3) is 3.39. The van der Waals surface area contributed by atoms with E-state index in [-0.39, 0.29) is 18.4 Å². The van der Waals surface area contributed by atoms with Crippen molar-refractivity contribution < 1.29 is 14.3 Å². The molecule has 1 saturated heterocycles. The number of hydrogen-bond acceptors (Lipinski definition) is 4. The van der Waals surface area contributed by atoms with Crippen molar-refractivity contribution in [1.29, 1.82) is 0 Å². The Hall–Kier alpha value is -2.18. The van der Waals surface area contributed by atoms with Gasteiger partial charge in [-0.3, -0.25) is 9.59 Å². The van der Waals surface area contributed by atoms with Crippen LogP contribution < -0.4 is 5.73 Å². The van der Waals surface area contributed by atoms with Crippen LogP contribution in [-0.4, -0.2) is 42.0 Å². The van der Waals surface area contributed by atoms with Crippen LogP contribution in [0.5, 0.6) is 0 Å². The lowest BCUT2D eigenvalue weighted by Crippen LogP contribution is -2.61. The van der Waals surface area contributed by atoms with Crippen molar-refractivity contribution in [3.63, 3.8) is 0 Å². The van der Waals surface area contributed by atoms with Crippen LogP contribution in [0.2, 0.25) is 0 Å². The smallest absolute Gasteiger partial charge is 0.251 e. The van der Waals surface area contributed by atoms with Crippen molar-refractivity contribution in [2.24, 2.45) is 11.7 Å². The zero-order chi connectivity index (χ0) is 18.1. The number of hydrogen-bond donors (Lipinski definition) is 1. The predicted octanol–water partition coefficient (Wildman–Crippen LogP) is 2.45. The van der Waals surface area contributed by atoms with Gasteiger partial charge in [0.15, 0.2) is 5.60 Å². The van der Waals surface area contributed by atoms with E-state index >= 15 is 0 Å². The second-order valence-corrected chi connectivity index (χ2v) is 8.04. The Kier molecular flexibility index (Phi) is 4.54. The molecule has 2 aliphatic rings. The van der Waals surface area contributed by atoms with E-state index in [9.17, 15) is 9.59 Å². The molecular formula is C20H22N2O3S. The summed E-state index contributed by atoms with van der Waals surface area (Å²) in [4.78, 5) is 27.6. The number of benzene rings is 1. The topological polar surface area (TPSA) is 72.6 Å². The molecule has 2 amide bonds. The molecule has 1 aromatic carbocycles. The van der Waals surface area contributed by atoms with Gasteiger partial charge in [0.25, 0.3) is 5.91 Å². The number of nitrogens with two attached hydrogens (primary N) is 1. The standard InChI is InChI=1S/C20H22N2O3S/c21-19(24)20(13-22(9-10-25-20)18(23)16-7-8-16)12-14-3-5-15(6-4-14)17-2-1-11-26-17/h1-6,11,16H,7-10,12-13H2,(H2,21,24)/t20-/m0/s1.